The third kappa shape index (κ3) is 6.38. The zero-order valence-corrected chi connectivity index (χ0v) is 20.2. The van der Waals surface area contributed by atoms with E-state index in [1.54, 1.807) is 36.4 Å². The van der Waals surface area contributed by atoms with Crippen molar-refractivity contribution >= 4 is 64.1 Å². The molecular formula is C21H20Cl3N5O2S. The zero-order valence-electron chi connectivity index (χ0n) is 17.1. The van der Waals surface area contributed by atoms with E-state index < -0.39 is 0 Å². The Balaban J connectivity index is 1.52. The van der Waals surface area contributed by atoms with Gasteiger partial charge in [0.15, 0.2) is 5.16 Å². The summed E-state index contributed by atoms with van der Waals surface area (Å²) in [4.78, 5) is 24.6. The van der Waals surface area contributed by atoms with Gasteiger partial charge < -0.3 is 15.2 Å². The van der Waals surface area contributed by atoms with Crippen molar-refractivity contribution in [1.82, 2.24) is 20.1 Å². The van der Waals surface area contributed by atoms with Gasteiger partial charge in [-0.3, -0.25) is 9.59 Å². The number of nitrogens with one attached hydrogen (secondary N) is 2. The molecule has 2 N–H and O–H groups in total. The van der Waals surface area contributed by atoms with Gasteiger partial charge in [-0.1, -0.05) is 58.7 Å². The van der Waals surface area contributed by atoms with Crippen molar-refractivity contribution in [3.63, 3.8) is 0 Å². The van der Waals surface area contributed by atoms with E-state index in [9.17, 15) is 9.59 Å². The number of rotatable bonds is 9. The maximum atomic E-state index is 12.3. The first-order chi connectivity index (χ1) is 15.4. The van der Waals surface area contributed by atoms with Gasteiger partial charge in [0, 0.05) is 25.1 Å². The van der Waals surface area contributed by atoms with Crippen LogP contribution in [0.2, 0.25) is 15.1 Å². The first kappa shape index (κ1) is 24.4. The molecule has 32 heavy (non-hydrogen) atoms. The highest BCUT2D eigenvalue weighted by Crippen LogP contribution is 2.23. The van der Waals surface area contributed by atoms with Crippen molar-refractivity contribution < 1.29 is 9.59 Å². The number of hydrogen-bond acceptors (Lipinski definition) is 5. The molecule has 11 heteroatoms. The van der Waals surface area contributed by atoms with Crippen LogP contribution in [0.25, 0.3) is 0 Å². The van der Waals surface area contributed by atoms with Gasteiger partial charge in [-0.05, 0) is 37.3 Å². The van der Waals surface area contributed by atoms with Crippen LogP contribution in [0.15, 0.2) is 47.6 Å². The molecule has 0 saturated carbocycles. The van der Waals surface area contributed by atoms with Crippen molar-refractivity contribution in [3.8, 4) is 0 Å². The van der Waals surface area contributed by atoms with Crippen LogP contribution in [0.1, 0.15) is 23.1 Å². The molecule has 0 bridgehead atoms. The number of nitrogens with zero attached hydrogens (tertiary/aromatic N) is 3. The molecule has 0 unspecified atom stereocenters. The lowest BCUT2D eigenvalue weighted by Gasteiger charge is -2.09. The summed E-state index contributed by atoms with van der Waals surface area (Å²) < 4.78 is 1.92. The molecule has 2 amide bonds. The van der Waals surface area contributed by atoms with E-state index in [0.29, 0.717) is 51.0 Å². The molecule has 0 spiro atoms. The average molecular weight is 513 g/mol. The topological polar surface area (TPSA) is 88.9 Å². The Labute approximate surface area is 204 Å². The van der Waals surface area contributed by atoms with Gasteiger partial charge in [-0.15, -0.1) is 10.2 Å². The summed E-state index contributed by atoms with van der Waals surface area (Å²) in [5, 5.41) is 15.8. The summed E-state index contributed by atoms with van der Waals surface area (Å²) in [7, 11) is 0. The van der Waals surface area contributed by atoms with Gasteiger partial charge in [0.2, 0.25) is 5.91 Å². The third-order valence-electron chi connectivity index (χ3n) is 4.41. The van der Waals surface area contributed by atoms with Crippen molar-refractivity contribution in [1.29, 1.82) is 0 Å². The second-order valence-electron chi connectivity index (χ2n) is 6.59. The summed E-state index contributed by atoms with van der Waals surface area (Å²) >= 11 is 19.2. The lowest BCUT2D eigenvalue weighted by atomic mass is 10.2. The summed E-state index contributed by atoms with van der Waals surface area (Å²) in [5.74, 6) is 0.439. The number of carbonyl (C=O) groups is 2. The van der Waals surface area contributed by atoms with Crippen molar-refractivity contribution in [2.75, 3.05) is 17.6 Å². The minimum Gasteiger partial charge on any atom is -0.352 e. The summed E-state index contributed by atoms with van der Waals surface area (Å²) in [5.41, 5.74) is 0.993. The number of anilines is 1. The molecule has 3 aromatic rings. The van der Waals surface area contributed by atoms with E-state index >= 15 is 0 Å². The molecule has 0 aliphatic carbocycles. The van der Waals surface area contributed by atoms with E-state index in [1.807, 2.05) is 11.5 Å². The molecule has 0 atom stereocenters. The highest BCUT2D eigenvalue weighted by atomic mass is 35.5. The monoisotopic (exact) mass is 511 g/mol. The molecule has 3 rings (SSSR count). The first-order valence-electron chi connectivity index (χ1n) is 9.71. The first-order valence-corrected chi connectivity index (χ1v) is 11.8. The van der Waals surface area contributed by atoms with Crippen LogP contribution in [-0.4, -0.2) is 38.9 Å². The van der Waals surface area contributed by atoms with Crippen molar-refractivity contribution in [2.45, 2.75) is 25.0 Å². The fourth-order valence-electron chi connectivity index (χ4n) is 2.83. The number of hydrogen-bond donors (Lipinski definition) is 2. The summed E-state index contributed by atoms with van der Waals surface area (Å²) in [6.45, 7) is 2.97. The number of thioether (sulfide) groups is 1. The highest BCUT2D eigenvalue weighted by Gasteiger charge is 2.14. The Morgan fingerprint density at radius 3 is 2.53 bits per heavy atom. The molecule has 0 fully saturated rings. The van der Waals surface area contributed by atoms with Crippen molar-refractivity contribution in [2.24, 2.45) is 0 Å². The van der Waals surface area contributed by atoms with Crippen LogP contribution >= 0.6 is 46.6 Å². The second kappa shape index (κ2) is 11.6. The highest BCUT2D eigenvalue weighted by molar-refractivity contribution is 7.99. The maximum absolute atomic E-state index is 12.3. The molecule has 0 saturated heterocycles. The standard InChI is InChI=1S/C21H20Cl3N5O2S/c1-2-29-18(9-10-25-20(31)13-7-8-14(22)16(24)11-13)27-28-21(29)32-12-19(30)26-17-6-4-3-5-15(17)23/h3-8,11H,2,9-10,12H2,1H3,(H,25,31)(H,26,30). The number of aromatic nitrogens is 3. The number of halogens is 3. The molecule has 0 aliphatic heterocycles. The van der Waals surface area contributed by atoms with Crippen LogP contribution in [-0.2, 0) is 17.8 Å². The van der Waals surface area contributed by atoms with Gasteiger partial charge in [-0.2, -0.15) is 0 Å². The predicted molar refractivity (Wildman–Crippen MR) is 129 cm³/mol. The number of amides is 2. The molecular weight excluding hydrogens is 493 g/mol. The molecule has 0 aliphatic rings. The van der Waals surface area contributed by atoms with Crippen LogP contribution in [0.3, 0.4) is 0 Å². The van der Waals surface area contributed by atoms with Gasteiger partial charge >= 0.3 is 0 Å². The van der Waals surface area contributed by atoms with Gasteiger partial charge in [0.05, 0.1) is 26.5 Å². The molecule has 0 radical (unpaired) electrons. The van der Waals surface area contributed by atoms with E-state index in [4.69, 9.17) is 34.8 Å². The Hall–Kier alpha value is -2.26. The summed E-state index contributed by atoms with van der Waals surface area (Å²) in [6.07, 6.45) is 0.486. The predicted octanol–water partition coefficient (Wildman–Crippen LogP) is 4.96. The van der Waals surface area contributed by atoms with Gasteiger partial charge in [0.1, 0.15) is 5.82 Å². The molecule has 2 aromatic carbocycles. The molecule has 1 aromatic heterocycles. The molecule has 168 valence electrons. The quantitative estimate of drug-likeness (QED) is 0.396. The van der Waals surface area contributed by atoms with Crippen LogP contribution in [0.4, 0.5) is 5.69 Å². The lowest BCUT2D eigenvalue weighted by Crippen LogP contribution is -2.26. The fraction of sp³-hybridized carbons (Fsp3) is 0.238. The maximum Gasteiger partial charge on any atom is 0.251 e. The van der Waals surface area contributed by atoms with Crippen molar-refractivity contribution in [3.05, 3.63) is 68.9 Å². The number of para-hydroxylation sites is 1. The number of benzene rings is 2. The van der Waals surface area contributed by atoms with Crippen LogP contribution < -0.4 is 10.6 Å². The molecule has 7 nitrogen and oxygen atoms in total. The van der Waals surface area contributed by atoms with Gasteiger partial charge in [-0.25, -0.2) is 0 Å². The SMILES string of the molecule is CCn1c(CCNC(=O)c2ccc(Cl)c(Cl)c2)nnc1SCC(=O)Nc1ccccc1Cl. The minimum atomic E-state index is -0.253. The largest absolute Gasteiger partial charge is 0.352 e. The average Bonchev–Trinajstić information content (AvgIpc) is 3.17. The van der Waals surface area contributed by atoms with E-state index in [2.05, 4.69) is 20.8 Å². The van der Waals surface area contributed by atoms with E-state index in [0.717, 1.165) is 5.82 Å². The zero-order chi connectivity index (χ0) is 23.1. The van der Waals surface area contributed by atoms with Crippen LogP contribution in [0, 0.1) is 0 Å². The Bertz CT molecular complexity index is 1120. The Morgan fingerprint density at radius 2 is 1.81 bits per heavy atom. The number of carbonyl (C=O) groups excluding carboxylic acids is 2. The lowest BCUT2D eigenvalue weighted by molar-refractivity contribution is -0.113. The Kier molecular flexibility index (Phi) is 8.81. The minimum absolute atomic E-state index is 0.164. The van der Waals surface area contributed by atoms with Gasteiger partial charge in [0.25, 0.3) is 5.91 Å². The van der Waals surface area contributed by atoms with E-state index in [-0.39, 0.29) is 17.6 Å². The third-order valence-corrected chi connectivity index (χ3v) is 6.44. The normalized spacial score (nSPS) is 10.8. The molecule has 1 heterocycles. The smallest absolute Gasteiger partial charge is 0.251 e. The summed E-state index contributed by atoms with van der Waals surface area (Å²) in [6, 6.07) is 11.8. The van der Waals surface area contributed by atoms with E-state index in [1.165, 1.54) is 17.8 Å². The second-order valence-corrected chi connectivity index (χ2v) is 8.76. The Morgan fingerprint density at radius 1 is 1.03 bits per heavy atom. The van der Waals surface area contributed by atoms with Crippen LogP contribution in [0.5, 0.6) is 0 Å². The fourth-order valence-corrected chi connectivity index (χ4v) is 4.14.